The van der Waals surface area contributed by atoms with Crippen LogP contribution in [0, 0.1) is 0 Å². The van der Waals surface area contributed by atoms with E-state index in [0.29, 0.717) is 17.2 Å². The molecule has 1 amide bonds. The maximum atomic E-state index is 11.7. The topological polar surface area (TPSA) is 95.5 Å². The fourth-order valence-corrected chi connectivity index (χ4v) is 2.88. The minimum absolute atomic E-state index is 0.200. The second kappa shape index (κ2) is 8.55. The van der Waals surface area contributed by atoms with E-state index in [1.165, 1.54) is 0 Å². The normalized spacial score (nSPS) is 16.4. The average Bonchev–Trinajstić information content (AvgIpc) is 3.30. The van der Waals surface area contributed by atoms with Crippen molar-refractivity contribution in [3.63, 3.8) is 0 Å². The number of benzene rings is 1. The van der Waals surface area contributed by atoms with Crippen LogP contribution in [0.25, 0.3) is 0 Å². The van der Waals surface area contributed by atoms with E-state index in [4.69, 9.17) is 19.0 Å². The molecule has 1 aromatic rings. The van der Waals surface area contributed by atoms with Crippen LogP contribution in [0.2, 0.25) is 0 Å². The summed E-state index contributed by atoms with van der Waals surface area (Å²) in [4.78, 5) is 28.3. The van der Waals surface area contributed by atoms with Crippen molar-refractivity contribution in [1.29, 1.82) is 0 Å². The molecule has 2 aliphatic rings. The van der Waals surface area contributed by atoms with Gasteiger partial charge in [0, 0.05) is 11.6 Å². The number of carbonyl (C=O) groups is 2. The monoisotopic (exact) mass is 362 g/mol. The van der Waals surface area contributed by atoms with Crippen LogP contribution in [-0.2, 0) is 19.2 Å². The van der Waals surface area contributed by atoms with Gasteiger partial charge in [-0.15, -0.1) is 0 Å². The van der Waals surface area contributed by atoms with Crippen molar-refractivity contribution < 1.29 is 28.6 Å². The van der Waals surface area contributed by atoms with E-state index >= 15 is 0 Å². The van der Waals surface area contributed by atoms with Crippen molar-refractivity contribution in [3.8, 4) is 11.5 Å². The number of amides is 1. The van der Waals surface area contributed by atoms with Gasteiger partial charge in [-0.05, 0) is 38.0 Å². The standard InChI is InChI=1S/C18H22N2O6/c1-12(13-6-7-15-16(8-13)25-11-24-15)20-26-10-18(22)23-9-17(21)19-14-4-2-3-5-14/h6-8,14H,2-5,9-11H2,1H3,(H,19,21)/b20-12+. The average molecular weight is 362 g/mol. The lowest BCUT2D eigenvalue weighted by molar-refractivity contribution is -0.153. The number of fused-ring (bicyclic) bond motifs is 1. The first-order valence-electron chi connectivity index (χ1n) is 8.63. The van der Waals surface area contributed by atoms with Crippen molar-refractivity contribution in [3.05, 3.63) is 23.8 Å². The number of esters is 1. The van der Waals surface area contributed by atoms with E-state index in [-0.39, 0.29) is 32.0 Å². The molecule has 0 radical (unpaired) electrons. The molecule has 3 rings (SSSR count). The van der Waals surface area contributed by atoms with Crippen molar-refractivity contribution in [2.45, 2.75) is 38.6 Å². The zero-order chi connectivity index (χ0) is 18.4. The third-order valence-corrected chi connectivity index (χ3v) is 4.26. The summed E-state index contributed by atoms with van der Waals surface area (Å²) in [5.74, 6) is 0.394. The second-order valence-corrected chi connectivity index (χ2v) is 6.23. The van der Waals surface area contributed by atoms with Crippen LogP contribution in [0.1, 0.15) is 38.2 Å². The molecule has 8 nitrogen and oxygen atoms in total. The molecule has 0 aromatic heterocycles. The Labute approximate surface area is 151 Å². The van der Waals surface area contributed by atoms with Crippen LogP contribution in [0.3, 0.4) is 0 Å². The lowest BCUT2D eigenvalue weighted by Gasteiger charge is -2.11. The van der Waals surface area contributed by atoms with Crippen LogP contribution >= 0.6 is 0 Å². The van der Waals surface area contributed by atoms with Crippen molar-refractivity contribution in [2.75, 3.05) is 20.0 Å². The largest absolute Gasteiger partial charge is 0.454 e. The maximum Gasteiger partial charge on any atom is 0.347 e. The molecular weight excluding hydrogens is 340 g/mol. The van der Waals surface area contributed by atoms with Gasteiger partial charge in [0.05, 0.1) is 5.71 Å². The van der Waals surface area contributed by atoms with Crippen LogP contribution in [0.4, 0.5) is 0 Å². The van der Waals surface area contributed by atoms with Crippen molar-refractivity contribution in [2.24, 2.45) is 5.16 Å². The SMILES string of the molecule is C/C(=N\OCC(=O)OCC(=O)NC1CCCC1)c1ccc2c(c1)OCO2. The number of oxime groups is 1. The van der Waals surface area contributed by atoms with Crippen LogP contribution in [0.15, 0.2) is 23.4 Å². The lowest BCUT2D eigenvalue weighted by Crippen LogP contribution is -2.36. The number of hydrogen-bond donors (Lipinski definition) is 1. The highest BCUT2D eigenvalue weighted by atomic mass is 16.7. The van der Waals surface area contributed by atoms with E-state index in [9.17, 15) is 9.59 Å². The zero-order valence-corrected chi connectivity index (χ0v) is 14.7. The van der Waals surface area contributed by atoms with Crippen LogP contribution in [0.5, 0.6) is 11.5 Å². The molecule has 8 heteroatoms. The van der Waals surface area contributed by atoms with Crippen LogP contribution in [-0.4, -0.2) is 43.6 Å². The highest BCUT2D eigenvalue weighted by Gasteiger charge is 2.18. The van der Waals surface area contributed by atoms with E-state index in [0.717, 1.165) is 31.2 Å². The summed E-state index contributed by atoms with van der Waals surface area (Å²) in [6.07, 6.45) is 4.21. The molecule has 1 N–H and O–H groups in total. The Bertz CT molecular complexity index is 697. The molecule has 0 bridgehead atoms. The predicted octanol–water partition coefficient (Wildman–Crippen LogP) is 1.76. The van der Waals surface area contributed by atoms with Gasteiger partial charge in [-0.2, -0.15) is 0 Å². The molecule has 26 heavy (non-hydrogen) atoms. The Morgan fingerprint density at radius 3 is 2.77 bits per heavy atom. The van der Waals surface area contributed by atoms with Crippen LogP contribution < -0.4 is 14.8 Å². The molecule has 0 spiro atoms. The fraction of sp³-hybridized carbons (Fsp3) is 0.500. The number of carbonyl (C=O) groups excluding carboxylic acids is 2. The summed E-state index contributed by atoms with van der Waals surface area (Å²) in [5.41, 5.74) is 1.37. The fourth-order valence-electron chi connectivity index (χ4n) is 2.88. The molecular formula is C18H22N2O6. The summed E-state index contributed by atoms with van der Waals surface area (Å²) in [6.45, 7) is 1.28. The highest BCUT2D eigenvalue weighted by Crippen LogP contribution is 2.32. The van der Waals surface area contributed by atoms with E-state index in [1.54, 1.807) is 19.1 Å². The zero-order valence-electron chi connectivity index (χ0n) is 14.7. The number of ether oxygens (including phenoxy) is 3. The summed E-state index contributed by atoms with van der Waals surface area (Å²) in [5, 5.41) is 6.73. The Hall–Kier alpha value is -2.77. The minimum atomic E-state index is -0.645. The van der Waals surface area contributed by atoms with Gasteiger partial charge in [0.2, 0.25) is 13.4 Å². The Kier molecular flexibility index (Phi) is 5.93. The molecule has 0 atom stereocenters. The third-order valence-electron chi connectivity index (χ3n) is 4.26. The quantitative estimate of drug-likeness (QED) is 0.451. The number of nitrogens with one attached hydrogen (secondary N) is 1. The lowest BCUT2D eigenvalue weighted by atomic mass is 10.1. The molecule has 1 heterocycles. The number of hydrogen-bond acceptors (Lipinski definition) is 7. The summed E-state index contributed by atoms with van der Waals surface area (Å²) in [6, 6.07) is 5.59. The summed E-state index contributed by atoms with van der Waals surface area (Å²) < 4.78 is 15.4. The maximum absolute atomic E-state index is 11.7. The first kappa shape index (κ1) is 18.0. The summed E-state index contributed by atoms with van der Waals surface area (Å²) in [7, 11) is 0. The van der Waals surface area contributed by atoms with E-state index in [2.05, 4.69) is 10.5 Å². The highest BCUT2D eigenvalue weighted by molar-refractivity contribution is 5.99. The molecule has 1 aliphatic heterocycles. The first-order valence-corrected chi connectivity index (χ1v) is 8.63. The van der Waals surface area contributed by atoms with Gasteiger partial charge in [0.15, 0.2) is 18.1 Å². The Balaban J connectivity index is 1.38. The molecule has 0 unspecified atom stereocenters. The summed E-state index contributed by atoms with van der Waals surface area (Å²) >= 11 is 0. The van der Waals surface area contributed by atoms with Gasteiger partial charge in [0.25, 0.3) is 5.91 Å². The molecule has 1 aliphatic carbocycles. The van der Waals surface area contributed by atoms with Gasteiger partial charge < -0.3 is 24.4 Å². The van der Waals surface area contributed by atoms with E-state index in [1.807, 2.05) is 6.07 Å². The Morgan fingerprint density at radius 2 is 1.96 bits per heavy atom. The third kappa shape index (κ3) is 4.87. The molecule has 1 saturated carbocycles. The van der Waals surface area contributed by atoms with Crippen molar-refractivity contribution in [1.82, 2.24) is 5.32 Å². The molecule has 0 saturated heterocycles. The molecule has 1 aromatic carbocycles. The van der Waals surface area contributed by atoms with Gasteiger partial charge in [0.1, 0.15) is 0 Å². The van der Waals surface area contributed by atoms with Gasteiger partial charge in [-0.25, -0.2) is 4.79 Å². The smallest absolute Gasteiger partial charge is 0.347 e. The van der Waals surface area contributed by atoms with Gasteiger partial charge >= 0.3 is 5.97 Å². The second-order valence-electron chi connectivity index (χ2n) is 6.23. The minimum Gasteiger partial charge on any atom is -0.454 e. The predicted molar refractivity (Wildman–Crippen MR) is 92.1 cm³/mol. The Morgan fingerprint density at radius 1 is 1.19 bits per heavy atom. The number of nitrogens with zero attached hydrogens (tertiary/aromatic N) is 1. The van der Waals surface area contributed by atoms with Crippen molar-refractivity contribution >= 4 is 17.6 Å². The van der Waals surface area contributed by atoms with Gasteiger partial charge in [-0.1, -0.05) is 18.0 Å². The van der Waals surface area contributed by atoms with Gasteiger partial charge in [-0.3, -0.25) is 4.79 Å². The number of rotatable bonds is 7. The molecule has 1 fully saturated rings. The van der Waals surface area contributed by atoms with E-state index < -0.39 is 5.97 Å². The molecule has 140 valence electrons. The first-order chi connectivity index (χ1) is 12.6.